The smallest absolute Gasteiger partial charge is 0.350 e. The number of aliphatic hydroxyl groups excluding tert-OH is 1. The quantitative estimate of drug-likeness (QED) is 0.0985. The molecule has 4 rings (SSSR count). The van der Waals surface area contributed by atoms with Crippen LogP contribution in [0, 0.1) is 6.92 Å². The third-order valence-electron chi connectivity index (χ3n) is 6.39. The summed E-state index contributed by atoms with van der Waals surface area (Å²) in [7, 11) is 0. The molecular formula is C30H32N2O8S. The number of Topliss-reactive ketones (excluding diaryl/α,β-unsaturated/α-hetero) is 1. The molecule has 2 aromatic carbocycles. The fourth-order valence-corrected chi connectivity index (χ4v) is 5.37. The Kier molecular flexibility index (Phi) is 9.28. The van der Waals surface area contributed by atoms with E-state index in [1.165, 1.54) is 18.2 Å². The van der Waals surface area contributed by atoms with Crippen molar-refractivity contribution in [3.63, 3.8) is 0 Å². The van der Waals surface area contributed by atoms with Crippen molar-refractivity contribution in [2.75, 3.05) is 24.7 Å². The van der Waals surface area contributed by atoms with Crippen LogP contribution in [0.4, 0.5) is 5.13 Å². The van der Waals surface area contributed by atoms with Gasteiger partial charge >= 0.3 is 11.9 Å². The van der Waals surface area contributed by atoms with Crippen molar-refractivity contribution in [1.29, 1.82) is 0 Å². The number of amides is 1. The van der Waals surface area contributed by atoms with Gasteiger partial charge in [-0.15, -0.1) is 0 Å². The second-order valence-corrected chi connectivity index (χ2v) is 10.2. The summed E-state index contributed by atoms with van der Waals surface area (Å²) >= 11 is 0.913. The Morgan fingerprint density at radius 1 is 1.05 bits per heavy atom. The summed E-state index contributed by atoms with van der Waals surface area (Å²) in [5, 5.41) is 21.8. The lowest BCUT2D eigenvalue weighted by atomic mass is 9.95. The first-order chi connectivity index (χ1) is 19.7. The second-order valence-electron chi connectivity index (χ2n) is 9.19. The fraction of sp³-hybridized carbons (Fsp3) is 0.333. The fourth-order valence-electron chi connectivity index (χ4n) is 4.39. The number of ether oxygens (including phenoxy) is 3. The third-order valence-corrected chi connectivity index (χ3v) is 7.53. The van der Waals surface area contributed by atoms with Crippen LogP contribution in [0.2, 0.25) is 0 Å². The molecule has 3 aromatic rings. The van der Waals surface area contributed by atoms with Gasteiger partial charge in [-0.25, -0.2) is 9.78 Å². The van der Waals surface area contributed by atoms with E-state index in [1.807, 2.05) is 0 Å². The van der Waals surface area contributed by atoms with Crippen molar-refractivity contribution in [1.82, 2.24) is 4.98 Å². The third kappa shape index (κ3) is 6.04. The van der Waals surface area contributed by atoms with E-state index in [0.29, 0.717) is 29.2 Å². The van der Waals surface area contributed by atoms with Crippen LogP contribution in [0.3, 0.4) is 0 Å². The molecule has 2 N–H and O–H groups in total. The van der Waals surface area contributed by atoms with E-state index in [9.17, 15) is 24.6 Å². The minimum absolute atomic E-state index is 0.0856. The van der Waals surface area contributed by atoms with Gasteiger partial charge in [0.2, 0.25) is 0 Å². The molecule has 0 bridgehead atoms. The lowest BCUT2D eigenvalue weighted by Crippen LogP contribution is -2.29. The number of hydrogen-bond donors (Lipinski definition) is 2. The number of aliphatic hydroxyl groups is 1. The van der Waals surface area contributed by atoms with Gasteiger partial charge in [0.25, 0.3) is 5.78 Å². The number of benzene rings is 2. The average molecular weight is 581 g/mol. The topological polar surface area (TPSA) is 135 Å². The molecule has 41 heavy (non-hydrogen) atoms. The highest BCUT2D eigenvalue weighted by Gasteiger charge is 2.48. The molecule has 1 aliphatic heterocycles. The van der Waals surface area contributed by atoms with Gasteiger partial charge in [0, 0.05) is 5.56 Å². The number of aromatic nitrogens is 1. The molecule has 10 nitrogen and oxygen atoms in total. The van der Waals surface area contributed by atoms with Crippen LogP contribution in [0.15, 0.2) is 48.0 Å². The number of unbranched alkanes of at least 4 members (excludes halogenated alkanes) is 1. The van der Waals surface area contributed by atoms with E-state index >= 15 is 0 Å². The molecule has 11 heteroatoms. The van der Waals surface area contributed by atoms with Crippen LogP contribution in [0.1, 0.15) is 66.1 Å². The van der Waals surface area contributed by atoms with Crippen LogP contribution in [0.5, 0.6) is 17.2 Å². The molecule has 1 unspecified atom stereocenters. The maximum atomic E-state index is 13.5. The van der Waals surface area contributed by atoms with Gasteiger partial charge in [0.1, 0.15) is 16.4 Å². The second kappa shape index (κ2) is 12.9. The maximum Gasteiger partial charge on any atom is 0.350 e. The Morgan fingerprint density at radius 2 is 1.78 bits per heavy atom. The molecular weight excluding hydrogens is 548 g/mol. The molecule has 1 aliphatic rings. The van der Waals surface area contributed by atoms with Crippen LogP contribution < -0.4 is 14.4 Å². The van der Waals surface area contributed by atoms with E-state index in [-0.39, 0.29) is 46.1 Å². The Hall–Kier alpha value is -4.38. The number of phenolic OH excluding ortho intramolecular Hbond substituents is 1. The number of phenols is 1. The molecule has 0 saturated carbocycles. The predicted molar refractivity (Wildman–Crippen MR) is 154 cm³/mol. The normalized spacial score (nSPS) is 16.2. The number of aromatic hydroxyl groups is 1. The SMILES string of the molecule is CCCCOc1ccc(/C(O)=C2/C(=O)C(=O)N(c3nc(C)c(C(=O)OCC)s3)C2c2ccc(O)c(OCC)c2)cc1. The Morgan fingerprint density at radius 3 is 2.44 bits per heavy atom. The summed E-state index contributed by atoms with van der Waals surface area (Å²) in [4.78, 5) is 45.3. The first-order valence-corrected chi connectivity index (χ1v) is 14.2. The average Bonchev–Trinajstić information content (AvgIpc) is 3.46. The highest BCUT2D eigenvalue weighted by molar-refractivity contribution is 7.17. The summed E-state index contributed by atoms with van der Waals surface area (Å²) in [6, 6.07) is 9.87. The van der Waals surface area contributed by atoms with Crippen LogP contribution in [-0.4, -0.2) is 52.7 Å². The summed E-state index contributed by atoms with van der Waals surface area (Å²) in [5.74, 6) is -2.20. The number of ketones is 1. The number of esters is 1. The summed E-state index contributed by atoms with van der Waals surface area (Å²) in [5.41, 5.74) is 0.857. The van der Waals surface area contributed by atoms with Crippen molar-refractivity contribution in [2.45, 2.75) is 46.6 Å². The Labute approximate surface area is 241 Å². The van der Waals surface area contributed by atoms with Gasteiger partial charge in [-0.05, 0) is 69.2 Å². The van der Waals surface area contributed by atoms with Gasteiger partial charge in [-0.2, -0.15) is 0 Å². The van der Waals surface area contributed by atoms with Crippen LogP contribution in [0.25, 0.3) is 5.76 Å². The molecule has 1 atom stereocenters. The molecule has 0 spiro atoms. The predicted octanol–water partition coefficient (Wildman–Crippen LogP) is 5.54. The monoisotopic (exact) mass is 580 g/mol. The first kappa shape index (κ1) is 29.6. The summed E-state index contributed by atoms with van der Waals surface area (Å²) in [6.45, 7) is 8.07. The molecule has 1 saturated heterocycles. The van der Waals surface area contributed by atoms with Gasteiger partial charge in [0.15, 0.2) is 16.6 Å². The van der Waals surface area contributed by atoms with Crippen LogP contribution >= 0.6 is 11.3 Å². The standard InChI is InChI=1S/C30H32N2O8S/c1-5-8-15-40-20-12-9-18(10-13-20)25(34)23-24(19-11-14-21(33)22(16-19)38-6-2)32(28(36)26(23)35)30-31-17(4)27(41-30)29(37)39-7-3/h9-14,16,24,33-34H,5-8,15H2,1-4H3/b25-23-. The van der Waals surface area contributed by atoms with E-state index in [2.05, 4.69) is 11.9 Å². The zero-order chi connectivity index (χ0) is 29.7. The number of aryl methyl sites for hydroxylation is 1. The number of nitrogens with zero attached hydrogens (tertiary/aromatic N) is 2. The van der Waals surface area contributed by atoms with Crippen molar-refractivity contribution < 1.29 is 38.8 Å². The highest BCUT2D eigenvalue weighted by Crippen LogP contribution is 2.45. The lowest BCUT2D eigenvalue weighted by Gasteiger charge is -2.23. The van der Waals surface area contributed by atoms with Crippen molar-refractivity contribution >= 4 is 39.9 Å². The molecule has 0 radical (unpaired) electrons. The van der Waals surface area contributed by atoms with Crippen molar-refractivity contribution in [3.05, 3.63) is 69.7 Å². The summed E-state index contributed by atoms with van der Waals surface area (Å²) < 4.78 is 16.4. The maximum absolute atomic E-state index is 13.5. The molecule has 216 valence electrons. The Balaban J connectivity index is 1.85. The largest absolute Gasteiger partial charge is 0.507 e. The minimum atomic E-state index is -1.13. The van der Waals surface area contributed by atoms with Gasteiger partial charge in [-0.1, -0.05) is 30.7 Å². The number of hydrogen-bond acceptors (Lipinski definition) is 10. The molecule has 1 amide bonds. The highest BCUT2D eigenvalue weighted by atomic mass is 32.1. The van der Waals surface area contributed by atoms with Crippen molar-refractivity contribution in [3.8, 4) is 17.2 Å². The van der Waals surface area contributed by atoms with Gasteiger partial charge in [-0.3, -0.25) is 14.5 Å². The van der Waals surface area contributed by atoms with Crippen LogP contribution in [-0.2, 0) is 14.3 Å². The molecule has 1 aromatic heterocycles. The number of rotatable bonds is 11. The molecule has 0 aliphatic carbocycles. The van der Waals surface area contributed by atoms with Gasteiger partial charge in [0.05, 0.1) is 37.1 Å². The summed E-state index contributed by atoms with van der Waals surface area (Å²) in [6.07, 6.45) is 1.89. The zero-order valence-corrected chi connectivity index (χ0v) is 24.1. The van der Waals surface area contributed by atoms with E-state index in [0.717, 1.165) is 29.1 Å². The van der Waals surface area contributed by atoms with Crippen molar-refractivity contribution in [2.24, 2.45) is 0 Å². The Bertz CT molecular complexity index is 1480. The minimum Gasteiger partial charge on any atom is -0.507 e. The molecule has 1 fully saturated rings. The number of carbonyl (C=O) groups excluding carboxylic acids is 3. The number of carbonyl (C=O) groups is 3. The lowest BCUT2D eigenvalue weighted by molar-refractivity contribution is -0.132. The zero-order valence-electron chi connectivity index (χ0n) is 23.3. The van der Waals surface area contributed by atoms with Gasteiger partial charge < -0.3 is 24.4 Å². The number of anilines is 1. The van der Waals surface area contributed by atoms with E-state index < -0.39 is 23.7 Å². The van der Waals surface area contributed by atoms with E-state index in [1.54, 1.807) is 45.0 Å². The van der Waals surface area contributed by atoms with E-state index in [4.69, 9.17) is 14.2 Å². The first-order valence-electron chi connectivity index (χ1n) is 13.4. The molecule has 2 heterocycles. The number of thiazole rings is 1.